The van der Waals surface area contributed by atoms with Crippen LogP contribution in [0.1, 0.15) is 46.0 Å². The molecule has 0 spiro atoms. The van der Waals surface area contributed by atoms with Crippen LogP contribution in [0.5, 0.6) is 0 Å². The first-order chi connectivity index (χ1) is 8.89. The molecule has 1 saturated carbocycles. The number of nitrogens with one attached hydrogen (secondary N) is 1. The fraction of sp³-hybridized carbons (Fsp3) is 0.857. The maximum atomic E-state index is 12.2. The summed E-state index contributed by atoms with van der Waals surface area (Å²) in [6.07, 6.45) is 4.89. The first-order valence-corrected chi connectivity index (χ1v) is 7.17. The van der Waals surface area contributed by atoms with Crippen LogP contribution in [0.15, 0.2) is 0 Å². The largest absolute Gasteiger partial charge is 0.480 e. The SMILES string of the molecule is CC1(C)CCCN(C(=O)NC(C(=O)O)C2CC2)CC1. The van der Waals surface area contributed by atoms with Crippen LogP contribution < -0.4 is 5.32 Å². The molecule has 1 aliphatic carbocycles. The van der Waals surface area contributed by atoms with Gasteiger partial charge in [-0.1, -0.05) is 13.8 Å². The summed E-state index contributed by atoms with van der Waals surface area (Å²) in [7, 11) is 0. The molecule has 5 heteroatoms. The highest BCUT2D eigenvalue weighted by atomic mass is 16.4. The Morgan fingerprint density at radius 1 is 1.26 bits per heavy atom. The van der Waals surface area contributed by atoms with Crippen molar-refractivity contribution in [3.63, 3.8) is 0 Å². The normalized spacial score (nSPS) is 24.4. The molecule has 0 radical (unpaired) electrons. The van der Waals surface area contributed by atoms with E-state index in [-0.39, 0.29) is 17.4 Å². The third-order valence-corrected chi connectivity index (χ3v) is 4.27. The molecule has 2 aliphatic rings. The van der Waals surface area contributed by atoms with Crippen LogP contribution in [0.3, 0.4) is 0 Å². The predicted octanol–water partition coefficient (Wildman–Crippen LogP) is 2.07. The summed E-state index contributed by atoms with van der Waals surface area (Å²) in [5.41, 5.74) is 0.276. The Bertz CT molecular complexity index is 364. The minimum Gasteiger partial charge on any atom is -0.480 e. The van der Waals surface area contributed by atoms with Crippen LogP contribution >= 0.6 is 0 Å². The van der Waals surface area contributed by atoms with E-state index in [0.717, 1.165) is 45.2 Å². The van der Waals surface area contributed by atoms with Gasteiger partial charge in [0, 0.05) is 13.1 Å². The Balaban J connectivity index is 1.90. The molecular formula is C14H24N2O3. The van der Waals surface area contributed by atoms with Gasteiger partial charge in [0.2, 0.25) is 0 Å². The molecule has 0 aromatic rings. The van der Waals surface area contributed by atoms with Crippen molar-refractivity contribution < 1.29 is 14.7 Å². The highest BCUT2D eigenvalue weighted by molar-refractivity contribution is 5.83. The number of rotatable bonds is 3. The number of hydrogen-bond acceptors (Lipinski definition) is 2. The van der Waals surface area contributed by atoms with E-state index in [1.807, 2.05) is 0 Å². The molecule has 0 bridgehead atoms. The number of carbonyl (C=O) groups is 2. The summed E-state index contributed by atoms with van der Waals surface area (Å²) in [6.45, 7) is 5.89. The Morgan fingerprint density at radius 3 is 2.53 bits per heavy atom. The molecule has 19 heavy (non-hydrogen) atoms. The molecule has 0 aromatic heterocycles. The lowest BCUT2D eigenvalue weighted by atomic mass is 9.85. The van der Waals surface area contributed by atoms with Gasteiger partial charge in [-0.3, -0.25) is 0 Å². The summed E-state index contributed by atoms with van der Waals surface area (Å²) in [5, 5.41) is 11.8. The third kappa shape index (κ3) is 3.85. The van der Waals surface area contributed by atoms with Crippen molar-refractivity contribution in [3.05, 3.63) is 0 Å². The molecule has 2 rings (SSSR count). The first kappa shape index (κ1) is 14.2. The van der Waals surface area contributed by atoms with E-state index >= 15 is 0 Å². The fourth-order valence-corrected chi connectivity index (χ4v) is 2.66. The molecule has 2 fully saturated rings. The van der Waals surface area contributed by atoms with Crippen LogP contribution in [-0.2, 0) is 4.79 Å². The van der Waals surface area contributed by atoms with E-state index in [2.05, 4.69) is 19.2 Å². The zero-order chi connectivity index (χ0) is 14.0. The maximum absolute atomic E-state index is 12.2. The van der Waals surface area contributed by atoms with Crippen LogP contribution in [0.25, 0.3) is 0 Å². The number of urea groups is 1. The highest BCUT2D eigenvalue weighted by Crippen LogP contribution is 2.33. The van der Waals surface area contributed by atoms with E-state index in [4.69, 9.17) is 5.11 Å². The Kier molecular flexibility index (Phi) is 4.02. The van der Waals surface area contributed by atoms with Crippen LogP contribution in [0, 0.1) is 11.3 Å². The number of hydrogen-bond donors (Lipinski definition) is 2. The van der Waals surface area contributed by atoms with E-state index in [1.54, 1.807) is 4.90 Å². The summed E-state index contributed by atoms with van der Waals surface area (Å²) in [5.74, 6) is -0.782. The lowest BCUT2D eigenvalue weighted by Crippen LogP contribution is -2.49. The fourth-order valence-electron chi connectivity index (χ4n) is 2.66. The molecule has 2 N–H and O–H groups in total. The summed E-state index contributed by atoms with van der Waals surface area (Å²) < 4.78 is 0. The second-order valence-electron chi connectivity index (χ2n) is 6.61. The van der Waals surface area contributed by atoms with Gasteiger partial charge in [0.15, 0.2) is 0 Å². The Labute approximate surface area is 114 Å². The molecule has 1 unspecified atom stereocenters. The lowest BCUT2D eigenvalue weighted by molar-refractivity contribution is -0.139. The number of nitrogens with zero attached hydrogens (tertiary/aromatic N) is 1. The van der Waals surface area contributed by atoms with Gasteiger partial charge in [-0.2, -0.15) is 0 Å². The van der Waals surface area contributed by atoms with Gasteiger partial charge in [0.1, 0.15) is 6.04 Å². The van der Waals surface area contributed by atoms with Gasteiger partial charge in [-0.15, -0.1) is 0 Å². The van der Waals surface area contributed by atoms with Crippen molar-refractivity contribution in [2.24, 2.45) is 11.3 Å². The molecule has 1 saturated heterocycles. The van der Waals surface area contributed by atoms with E-state index < -0.39 is 12.0 Å². The number of aliphatic carboxylic acids is 1. The molecular weight excluding hydrogens is 244 g/mol. The molecule has 2 amide bonds. The average molecular weight is 268 g/mol. The van der Waals surface area contributed by atoms with Gasteiger partial charge in [0.25, 0.3) is 0 Å². The van der Waals surface area contributed by atoms with Crippen molar-refractivity contribution in [3.8, 4) is 0 Å². The summed E-state index contributed by atoms with van der Waals surface area (Å²) in [4.78, 5) is 25.1. The van der Waals surface area contributed by atoms with Crippen molar-refractivity contribution in [2.75, 3.05) is 13.1 Å². The standard InChI is InChI=1S/C14H24N2O3/c1-14(2)6-3-8-16(9-7-14)13(19)15-11(12(17)18)10-4-5-10/h10-11H,3-9H2,1-2H3,(H,15,19)(H,17,18). The average Bonchev–Trinajstić information content (AvgIpc) is 3.12. The number of likely N-dealkylation sites (tertiary alicyclic amines) is 1. The zero-order valence-electron chi connectivity index (χ0n) is 11.8. The summed E-state index contributed by atoms with van der Waals surface area (Å²) >= 11 is 0. The van der Waals surface area contributed by atoms with Crippen molar-refractivity contribution in [1.29, 1.82) is 0 Å². The minimum atomic E-state index is -0.911. The predicted molar refractivity (Wildman–Crippen MR) is 71.9 cm³/mol. The number of carboxylic acid groups (broad SMARTS) is 1. The topological polar surface area (TPSA) is 69.6 Å². The molecule has 1 aliphatic heterocycles. The van der Waals surface area contributed by atoms with Crippen molar-refractivity contribution >= 4 is 12.0 Å². The Hall–Kier alpha value is -1.26. The second-order valence-corrected chi connectivity index (χ2v) is 6.61. The molecule has 5 nitrogen and oxygen atoms in total. The third-order valence-electron chi connectivity index (χ3n) is 4.27. The summed E-state index contributed by atoms with van der Waals surface area (Å²) in [6, 6.07) is -0.916. The van der Waals surface area contributed by atoms with Gasteiger partial charge < -0.3 is 15.3 Å². The number of carboxylic acids is 1. The van der Waals surface area contributed by atoms with Crippen LogP contribution in [-0.4, -0.2) is 41.1 Å². The number of carbonyl (C=O) groups excluding carboxylic acids is 1. The van der Waals surface area contributed by atoms with Crippen LogP contribution in [0.2, 0.25) is 0 Å². The minimum absolute atomic E-state index is 0.130. The van der Waals surface area contributed by atoms with Gasteiger partial charge in [0.05, 0.1) is 0 Å². The van der Waals surface area contributed by atoms with Gasteiger partial charge >= 0.3 is 12.0 Å². The molecule has 0 aromatic carbocycles. The van der Waals surface area contributed by atoms with E-state index in [9.17, 15) is 9.59 Å². The Morgan fingerprint density at radius 2 is 1.95 bits per heavy atom. The number of amides is 2. The molecule has 108 valence electrons. The smallest absolute Gasteiger partial charge is 0.326 e. The molecule has 1 atom stereocenters. The maximum Gasteiger partial charge on any atom is 0.326 e. The van der Waals surface area contributed by atoms with Crippen LogP contribution in [0.4, 0.5) is 4.79 Å². The monoisotopic (exact) mass is 268 g/mol. The quantitative estimate of drug-likeness (QED) is 0.823. The highest BCUT2D eigenvalue weighted by Gasteiger charge is 2.38. The van der Waals surface area contributed by atoms with Gasteiger partial charge in [-0.25, -0.2) is 9.59 Å². The van der Waals surface area contributed by atoms with Crippen molar-refractivity contribution in [1.82, 2.24) is 10.2 Å². The van der Waals surface area contributed by atoms with Crippen molar-refractivity contribution in [2.45, 2.75) is 52.0 Å². The lowest BCUT2D eigenvalue weighted by Gasteiger charge is -2.25. The van der Waals surface area contributed by atoms with Gasteiger partial charge in [-0.05, 0) is 43.4 Å². The van der Waals surface area contributed by atoms with E-state index in [0.29, 0.717) is 0 Å². The zero-order valence-corrected chi connectivity index (χ0v) is 11.8. The second kappa shape index (κ2) is 5.39. The molecule has 1 heterocycles. The van der Waals surface area contributed by atoms with E-state index in [1.165, 1.54) is 0 Å². The first-order valence-electron chi connectivity index (χ1n) is 7.17.